The van der Waals surface area contributed by atoms with Gasteiger partial charge in [-0.3, -0.25) is 19.2 Å². The Balaban J connectivity index is 0.699. The molecule has 7 rings (SSSR count). The van der Waals surface area contributed by atoms with Crippen LogP contribution in [0.15, 0.2) is 60.2 Å². The highest BCUT2D eigenvalue weighted by Crippen LogP contribution is 2.40. The highest BCUT2D eigenvalue weighted by Gasteiger charge is 2.44. The number of Topliss-reactive ketones (excluding diaryl/α,β-unsaturated/α-hetero) is 1. The van der Waals surface area contributed by atoms with Gasteiger partial charge in [-0.05, 0) is 98.6 Å². The van der Waals surface area contributed by atoms with E-state index in [4.69, 9.17) is 23.9 Å². The Labute approximate surface area is 447 Å². The Hall–Kier alpha value is -5.53. The molecule has 4 aromatic rings. The predicted molar refractivity (Wildman–Crippen MR) is 291 cm³/mol. The van der Waals surface area contributed by atoms with Gasteiger partial charge >= 0.3 is 0 Å². The van der Waals surface area contributed by atoms with Crippen LogP contribution >= 0.6 is 11.3 Å². The van der Waals surface area contributed by atoms with Crippen LogP contribution in [-0.4, -0.2) is 138 Å². The van der Waals surface area contributed by atoms with E-state index in [1.165, 1.54) is 11.3 Å². The number of aliphatic hydroxyl groups excluding tert-OH is 1. The molecule has 2 aliphatic carbocycles. The molecule has 1 aliphatic heterocycles. The first-order chi connectivity index (χ1) is 36.2. The van der Waals surface area contributed by atoms with E-state index in [0.29, 0.717) is 71.0 Å². The van der Waals surface area contributed by atoms with Gasteiger partial charge in [-0.2, -0.15) is 4.98 Å². The quantitative estimate of drug-likeness (QED) is 0.0349. The maximum atomic E-state index is 14.0. The minimum atomic E-state index is -0.832. The van der Waals surface area contributed by atoms with Crippen molar-refractivity contribution in [3.63, 3.8) is 0 Å². The molecule has 408 valence electrons. The highest BCUT2D eigenvalue weighted by atomic mass is 32.1. The number of benzene rings is 2. The Morgan fingerprint density at radius 3 is 2.19 bits per heavy atom. The van der Waals surface area contributed by atoms with Gasteiger partial charge in [0, 0.05) is 115 Å². The maximum Gasteiger partial charge on any atom is 0.243 e. The molecule has 4 N–H and O–H groups in total. The first-order valence-corrected chi connectivity index (χ1v) is 28.0. The summed E-state index contributed by atoms with van der Waals surface area (Å²) in [4.78, 5) is 71.4. The number of hydrogen-bond donors (Lipinski definition) is 4. The van der Waals surface area contributed by atoms with Crippen LogP contribution in [0.25, 0.3) is 10.4 Å². The third-order valence-corrected chi connectivity index (χ3v) is 15.5. The monoisotopic (exact) mass is 1050 g/mol. The zero-order valence-electron chi connectivity index (χ0n) is 44.8. The molecule has 3 amide bonds. The molecule has 3 atom stereocenters. The lowest BCUT2D eigenvalue weighted by atomic mass is 9.77. The number of carbonyl (C=O) groups excluding carboxylic acids is 4. The van der Waals surface area contributed by atoms with Crippen molar-refractivity contribution >= 4 is 52.3 Å². The molecule has 0 bridgehead atoms. The summed E-state index contributed by atoms with van der Waals surface area (Å²) in [6, 6.07) is 14.9. The lowest BCUT2D eigenvalue weighted by Crippen LogP contribution is -2.50. The van der Waals surface area contributed by atoms with Crippen molar-refractivity contribution in [1.82, 2.24) is 30.1 Å². The van der Waals surface area contributed by atoms with Crippen LogP contribution in [0.3, 0.4) is 0 Å². The number of β-amino-alcohol motifs (C(OH)–C–C–N with tert-alkyl or cyclic N) is 1. The summed E-state index contributed by atoms with van der Waals surface area (Å²) in [6.45, 7) is 12.4. The van der Waals surface area contributed by atoms with E-state index in [2.05, 4.69) is 25.9 Å². The summed E-state index contributed by atoms with van der Waals surface area (Å²) in [5.41, 5.74) is 6.20. The van der Waals surface area contributed by atoms with Crippen LogP contribution in [0.5, 0.6) is 5.75 Å². The molecule has 75 heavy (non-hydrogen) atoms. The van der Waals surface area contributed by atoms with Gasteiger partial charge in [-0.15, -0.1) is 11.3 Å². The Morgan fingerprint density at radius 2 is 1.55 bits per heavy atom. The summed E-state index contributed by atoms with van der Waals surface area (Å²) in [5.74, 6) is 1.51. The number of likely N-dealkylation sites (tertiary alicyclic amines) is 1. The van der Waals surface area contributed by atoms with E-state index in [1.54, 1.807) is 11.3 Å². The Morgan fingerprint density at radius 1 is 0.867 bits per heavy atom. The van der Waals surface area contributed by atoms with Gasteiger partial charge < -0.3 is 49.8 Å². The molecule has 3 heterocycles. The van der Waals surface area contributed by atoms with Gasteiger partial charge in [0.2, 0.25) is 23.7 Å². The van der Waals surface area contributed by atoms with E-state index < -0.39 is 23.5 Å². The van der Waals surface area contributed by atoms with E-state index in [9.17, 15) is 24.3 Å². The van der Waals surface area contributed by atoms with Crippen molar-refractivity contribution in [3.05, 3.63) is 77.1 Å². The van der Waals surface area contributed by atoms with Crippen LogP contribution in [0.1, 0.15) is 121 Å². The van der Waals surface area contributed by atoms with Gasteiger partial charge in [0.15, 0.2) is 5.78 Å². The standard InChI is InChI=1S/C57H80N8O9S/c1-39-51(75-38-61-39)42-18-16-40(17-19-42)34-59-53(68)50-33-45(66)36-65(50)55(70)49(57(2,3)4)32-46(67)37-73-30-10-28-71-26-6-7-27-72-29-11-31-74-47-22-20-44(21-23-47)62-56-60-35-48(41-12-8-13-41)52(63-56)58-24-25-64(5)54(69)43-14-9-15-43/h16-23,35,38,41,43,45,49-50,66H,6-15,24-34,36-37H2,1-5H3,(H,59,68)(H2,58,60,62,63)/t45-,49-,50+/m0/s1. The molecule has 2 aromatic heterocycles. The average Bonchev–Trinajstić information content (AvgIpc) is 3.98. The summed E-state index contributed by atoms with van der Waals surface area (Å²) >= 11 is 1.58. The molecular weight excluding hydrogens is 973 g/mol. The molecule has 0 unspecified atom stereocenters. The number of aromatic nitrogens is 3. The number of nitrogens with one attached hydrogen (secondary N) is 3. The smallest absolute Gasteiger partial charge is 0.243 e. The third kappa shape index (κ3) is 17.2. The fraction of sp³-hybridized carbons (Fsp3) is 0.596. The molecule has 2 saturated carbocycles. The van der Waals surface area contributed by atoms with Crippen LogP contribution in [-0.2, 0) is 39.9 Å². The Bertz CT molecular complexity index is 2440. The predicted octanol–water partition coefficient (Wildman–Crippen LogP) is 8.48. The number of nitrogens with zero attached hydrogens (tertiary/aromatic N) is 5. The summed E-state index contributed by atoms with van der Waals surface area (Å²) in [7, 11) is 1.89. The van der Waals surface area contributed by atoms with Crippen LogP contribution in [0, 0.1) is 24.2 Å². The topological polar surface area (TPSA) is 207 Å². The fourth-order valence-electron chi connectivity index (χ4n) is 9.42. The van der Waals surface area contributed by atoms with Crippen LogP contribution < -0.4 is 20.7 Å². The zero-order valence-corrected chi connectivity index (χ0v) is 45.6. The molecule has 18 heteroatoms. The number of rotatable bonds is 31. The first kappa shape index (κ1) is 57.2. The Kier molecular flexibility index (Phi) is 21.8. The zero-order chi connectivity index (χ0) is 53.2. The molecule has 17 nitrogen and oxygen atoms in total. The number of aliphatic hydroxyl groups is 1. The van der Waals surface area contributed by atoms with Crippen LogP contribution in [0.2, 0.25) is 0 Å². The number of hydrogen-bond acceptors (Lipinski definition) is 15. The summed E-state index contributed by atoms with van der Waals surface area (Å²) in [6.07, 6.45) is 11.0. The van der Waals surface area contributed by atoms with Crippen molar-refractivity contribution in [2.75, 3.05) is 83.6 Å². The number of carbonyl (C=O) groups is 4. The molecule has 1 saturated heterocycles. The minimum absolute atomic E-state index is 0.0228. The SMILES string of the molecule is Cc1ncsc1-c1ccc(CNC(=O)[C@H]2C[C@H](O)CN2C(=O)[C@H](CC(=O)COCCCOCCCCOCCCOc2ccc(Nc3ncc(C4CCC4)c(NCCN(C)C(=O)C4CCC4)n3)cc2)C(C)(C)C)cc1. The number of aryl methyl sites for hydroxylation is 1. The molecular formula is C57H80N8O9S. The van der Waals surface area contributed by atoms with E-state index in [0.717, 1.165) is 95.9 Å². The van der Waals surface area contributed by atoms with Gasteiger partial charge in [0.05, 0.1) is 28.8 Å². The number of likely N-dealkylation sites (N-methyl/N-ethyl adjacent to an activating group) is 1. The lowest BCUT2D eigenvalue weighted by molar-refractivity contribution is -0.146. The normalized spacial score (nSPS) is 17.2. The van der Waals surface area contributed by atoms with Crippen molar-refractivity contribution in [1.29, 1.82) is 0 Å². The fourth-order valence-corrected chi connectivity index (χ4v) is 10.2. The number of anilines is 3. The van der Waals surface area contributed by atoms with Gasteiger partial charge in [0.25, 0.3) is 0 Å². The third-order valence-electron chi connectivity index (χ3n) is 14.5. The maximum absolute atomic E-state index is 14.0. The minimum Gasteiger partial charge on any atom is -0.494 e. The van der Waals surface area contributed by atoms with Crippen molar-refractivity contribution in [2.45, 2.75) is 129 Å². The number of amides is 3. The van der Waals surface area contributed by atoms with Crippen molar-refractivity contribution in [3.8, 4) is 16.2 Å². The molecule has 2 aromatic carbocycles. The number of ether oxygens (including phenoxy) is 4. The van der Waals surface area contributed by atoms with Crippen molar-refractivity contribution < 1.29 is 43.2 Å². The number of ketones is 1. The second-order valence-corrected chi connectivity index (χ2v) is 22.2. The number of unbranched alkanes of at least 4 members (excludes halogenated alkanes) is 1. The molecule has 3 fully saturated rings. The molecule has 3 aliphatic rings. The van der Waals surface area contributed by atoms with Crippen LogP contribution in [0.4, 0.5) is 17.5 Å². The largest absolute Gasteiger partial charge is 0.494 e. The van der Waals surface area contributed by atoms with Gasteiger partial charge in [0.1, 0.15) is 24.2 Å². The van der Waals surface area contributed by atoms with Gasteiger partial charge in [-0.25, -0.2) is 9.97 Å². The van der Waals surface area contributed by atoms with E-state index in [-0.39, 0.29) is 62.0 Å². The molecule has 0 radical (unpaired) electrons. The second-order valence-electron chi connectivity index (χ2n) is 21.4. The number of thiazole rings is 1. The second kappa shape index (κ2) is 28.6. The van der Waals surface area contributed by atoms with E-state index >= 15 is 0 Å². The summed E-state index contributed by atoms with van der Waals surface area (Å²) in [5, 5.41) is 20.4. The average molecular weight is 1050 g/mol. The summed E-state index contributed by atoms with van der Waals surface area (Å²) < 4.78 is 23.2. The molecule has 0 spiro atoms. The van der Waals surface area contributed by atoms with E-state index in [1.807, 2.05) is 99.9 Å². The highest BCUT2D eigenvalue weighted by molar-refractivity contribution is 7.13. The van der Waals surface area contributed by atoms with Crippen molar-refractivity contribution in [2.24, 2.45) is 17.3 Å². The van der Waals surface area contributed by atoms with Gasteiger partial charge in [-0.1, -0.05) is 57.9 Å². The first-order valence-electron chi connectivity index (χ1n) is 27.1. The lowest BCUT2D eigenvalue weighted by Gasteiger charge is -2.34.